The second kappa shape index (κ2) is 7.75. The minimum Gasteiger partial charge on any atom is -0.369 e. The summed E-state index contributed by atoms with van der Waals surface area (Å²) in [6, 6.07) is 0. The molecule has 2 N–H and O–H groups in total. The van der Waals surface area contributed by atoms with Gasteiger partial charge in [-0.1, -0.05) is 6.92 Å². The standard InChI is InChI=1S/C11H18N4O2S/c1-3-4-12-10-8-14-9(7-15-10)11(16)13-5-6-18(2)17/h7-8H,3-6H2,1-2H3,(H,12,15)(H,13,16). The van der Waals surface area contributed by atoms with Crippen LogP contribution in [0.2, 0.25) is 0 Å². The van der Waals surface area contributed by atoms with Crippen LogP contribution in [0.15, 0.2) is 12.4 Å². The van der Waals surface area contributed by atoms with E-state index in [1.807, 2.05) is 0 Å². The average Bonchev–Trinajstić information content (AvgIpc) is 2.36. The molecule has 100 valence electrons. The third-order valence-electron chi connectivity index (χ3n) is 2.12. The summed E-state index contributed by atoms with van der Waals surface area (Å²) in [7, 11) is -0.907. The number of hydrogen-bond donors (Lipinski definition) is 2. The van der Waals surface area contributed by atoms with Crippen molar-refractivity contribution in [2.24, 2.45) is 0 Å². The lowest BCUT2D eigenvalue weighted by atomic mass is 10.4. The van der Waals surface area contributed by atoms with Crippen LogP contribution in [-0.4, -0.2) is 45.2 Å². The number of anilines is 1. The van der Waals surface area contributed by atoms with Crippen molar-refractivity contribution in [1.82, 2.24) is 15.3 Å². The van der Waals surface area contributed by atoms with E-state index in [0.717, 1.165) is 13.0 Å². The second-order valence-corrected chi connectivity index (χ2v) is 5.30. The van der Waals surface area contributed by atoms with Crippen LogP contribution in [0.4, 0.5) is 5.82 Å². The molecular weight excluding hydrogens is 252 g/mol. The lowest BCUT2D eigenvalue weighted by Gasteiger charge is -2.05. The Bertz CT molecular complexity index is 408. The molecule has 0 aromatic carbocycles. The third-order valence-corrected chi connectivity index (χ3v) is 2.89. The van der Waals surface area contributed by atoms with Crippen molar-refractivity contribution in [2.45, 2.75) is 13.3 Å². The first-order chi connectivity index (χ1) is 8.63. The molecule has 1 aromatic heterocycles. The molecule has 0 spiro atoms. The van der Waals surface area contributed by atoms with Gasteiger partial charge < -0.3 is 10.6 Å². The maximum Gasteiger partial charge on any atom is 0.271 e. The molecule has 0 aliphatic rings. The van der Waals surface area contributed by atoms with Crippen molar-refractivity contribution in [3.63, 3.8) is 0 Å². The van der Waals surface area contributed by atoms with Crippen molar-refractivity contribution in [3.05, 3.63) is 18.1 Å². The highest BCUT2D eigenvalue weighted by atomic mass is 32.2. The molecule has 7 heteroatoms. The fourth-order valence-electron chi connectivity index (χ4n) is 1.19. The molecule has 0 aliphatic heterocycles. The predicted molar refractivity (Wildman–Crippen MR) is 72.1 cm³/mol. The zero-order chi connectivity index (χ0) is 13.4. The molecule has 6 nitrogen and oxygen atoms in total. The number of carbonyl (C=O) groups excluding carboxylic acids is 1. The highest BCUT2D eigenvalue weighted by Crippen LogP contribution is 2.00. The molecule has 0 aliphatic carbocycles. The van der Waals surface area contributed by atoms with E-state index in [4.69, 9.17) is 0 Å². The fraction of sp³-hybridized carbons (Fsp3) is 0.545. The number of rotatable bonds is 7. The molecular formula is C11H18N4O2S. The SMILES string of the molecule is CCCNc1cnc(C(=O)NCCS(C)=O)cn1. The maximum atomic E-state index is 11.6. The summed E-state index contributed by atoms with van der Waals surface area (Å²) in [4.78, 5) is 19.7. The van der Waals surface area contributed by atoms with Gasteiger partial charge in [0.25, 0.3) is 5.91 Å². The molecule has 1 unspecified atom stereocenters. The van der Waals surface area contributed by atoms with Gasteiger partial charge in [0.2, 0.25) is 0 Å². The van der Waals surface area contributed by atoms with Crippen LogP contribution in [0, 0.1) is 0 Å². The van der Waals surface area contributed by atoms with Gasteiger partial charge in [0.15, 0.2) is 0 Å². The minimum absolute atomic E-state index is 0.263. The summed E-state index contributed by atoms with van der Waals surface area (Å²) in [5, 5.41) is 5.71. The van der Waals surface area contributed by atoms with Gasteiger partial charge in [-0.2, -0.15) is 0 Å². The van der Waals surface area contributed by atoms with Gasteiger partial charge in [-0.15, -0.1) is 0 Å². The van der Waals surface area contributed by atoms with Gasteiger partial charge >= 0.3 is 0 Å². The van der Waals surface area contributed by atoms with E-state index < -0.39 is 10.8 Å². The van der Waals surface area contributed by atoms with Gasteiger partial charge in [0.1, 0.15) is 11.5 Å². The highest BCUT2D eigenvalue weighted by Gasteiger charge is 2.07. The van der Waals surface area contributed by atoms with Crippen LogP contribution >= 0.6 is 0 Å². The monoisotopic (exact) mass is 270 g/mol. The molecule has 1 atom stereocenters. The van der Waals surface area contributed by atoms with Gasteiger partial charge in [-0.05, 0) is 6.42 Å². The maximum absolute atomic E-state index is 11.6. The van der Waals surface area contributed by atoms with Crippen LogP contribution in [0.25, 0.3) is 0 Å². The molecule has 1 amide bonds. The summed E-state index contributed by atoms with van der Waals surface area (Å²) in [5.41, 5.74) is 0.263. The number of amides is 1. The van der Waals surface area contributed by atoms with E-state index in [2.05, 4.69) is 27.5 Å². The van der Waals surface area contributed by atoms with Crippen LogP contribution in [0.1, 0.15) is 23.8 Å². The van der Waals surface area contributed by atoms with Gasteiger partial charge in [0, 0.05) is 35.9 Å². The van der Waals surface area contributed by atoms with Crippen LogP contribution in [0.5, 0.6) is 0 Å². The van der Waals surface area contributed by atoms with Crippen LogP contribution in [0.3, 0.4) is 0 Å². The molecule has 0 saturated carbocycles. The van der Waals surface area contributed by atoms with Crippen molar-refractivity contribution in [2.75, 3.05) is 30.4 Å². The Morgan fingerprint density at radius 3 is 2.67 bits per heavy atom. The molecule has 0 saturated heterocycles. The van der Waals surface area contributed by atoms with E-state index in [1.165, 1.54) is 12.4 Å². The number of nitrogens with zero attached hydrogens (tertiary/aromatic N) is 2. The molecule has 0 radical (unpaired) electrons. The summed E-state index contributed by atoms with van der Waals surface area (Å²) < 4.78 is 10.8. The Morgan fingerprint density at radius 1 is 1.33 bits per heavy atom. The van der Waals surface area contributed by atoms with Crippen molar-refractivity contribution >= 4 is 22.5 Å². The Morgan fingerprint density at radius 2 is 2.11 bits per heavy atom. The zero-order valence-corrected chi connectivity index (χ0v) is 11.4. The molecule has 1 aromatic rings. The lowest BCUT2D eigenvalue weighted by molar-refractivity contribution is 0.0951. The van der Waals surface area contributed by atoms with Gasteiger partial charge in [0.05, 0.1) is 12.4 Å². The second-order valence-electron chi connectivity index (χ2n) is 3.75. The molecule has 0 fully saturated rings. The molecule has 1 heterocycles. The first-order valence-corrected chi connectivity index (χ1v) is 7.50. The van der Waals surface area contributed by atoms with Crippen molar-refractivity contribution < 1.29 is 9.00 Å². The summed E-state index contributed by atoms with van der Waals surface area (Å²) >= 11 is 0. The van der Waals surface area contributed by atoms with Gasteiger partial charge in [-0.25, -0.2) is 9.97 Å². The van der Waals surface area contributed by atoms with E-state index in [-0.39, 0.29) is 11.6 Å². The van der Waals surface area contributed by atoms with Crippen molar-refractivity contribution in [1.29, 1.82) is 0 Å². The smallest absolute Gasteiger partial charge is 0.271 e. The molecule has 1 rings (SSSR count). The normalized spacial score (nSPS) is 11.9. The number of carbonyl (C=O) groups is 1. The Kier molecular flexibility index (Phi) is 6.27. The zero-order valence-electron chi connectivity index (χ0n) is 10.6. The minimum atomic E-state index is -0.907. The first kappa shape index (κ1) is 14.6. The average molecular weight is 270 g/mol. The molecule has 0 bridgehead atoms. The number of aromatic nitrogens is 2. The van der Waals surface area contributed by atoms with Crippen LogP contribution in [-0.2, 0) is 10.8 Å². The Hall–Kier alpha value is -1.50. The third kappa shape index (κ3) is 5.22. The Balaban J connectivity index is 2.46. The first-order valence-electron chi connectivity index (χ1n) is 5.77. The largest absolute Gasteiger partial charge is 0.369 e. The van der Waals surface area contributed by atoms with E-state index in [1.54, 1.807) is 6.26 Å². The Labute approximate surface area is 109 Å². The topological polar surface area (TPSA) is 84.0 Å². The predicted octanol–water partition coefficient (Wildman–Crippen LogP) is 0.407. The summed E-state index contributed by atoms with van der Waals surface area (Å²) in [5.74, 6) is 0.799. The van der Waals surface area contributed by atoms with Crippen molar-refractivity contribution in [3.8, 4) is 0 Å². The lowest BCUT2D eigenvalue weighted by Crippen LogP contribution is -2.28. The molecule has 18 heavy (non-hydrogen) atoms. The number of hydrogen-bond acceptors (Lipinski definition) is 5. The summed E-state index contributed by atoms with van der Waals surface area (Å²) in [6.45, 7) is 3.25. The van der Waals surface area contributed by atoms with E-state index in [0.29, 0.717) is 18.1 Å². The summed E-state index contributed by atoms with van der Waals surface area (Å²) in [6.07, 6.45) is 5.55. The van der Waals surface area contributed by atoms with E-state index >= 15 is 0 Å². The fourth-order valence-corrected chi connectivity index (χ4v) is 1.58. The quantitative estimate of drug-likeness (QED) is 0.749. The van der Waals surface area contributed by atoms with E-state index in [9.17, 15) is 9.00 Å². The van der Waals surface area contributed by atoms with Crippen LogP contribution < -0.4 is 10.6 Å². The highest BCUT2D eigenvalue weighted by molar-refractivity contribution is 7.84. The van der Waals surface area contributed by atoms with Gasteiger partial charge in [-0.3, -0.25) is 9.00 Å². The number of nitrogens with one attached hydrogen (secondary N) is 2.